The largest absolute Gasteiger partial charge is 0.443 e. The molecule has 0 aliphatic carbocycles. The minimum absolute atomic E-state index is 0.0867. The monoisotopic (exact) mass is 295 g/mol. The quantitative estimate of drug-likeness (QED) is 0.804. The maximum Gasteiger partial charge on any atom is 0.424 e. The molecule has 2 rings (SSSR count). The number of amides is 1. The van der Waals surface area contributed by atoms with Gasteiger partial charge in [0, 0.05) is 0 Å². The van der Waals surface area contributed by atoms with Crippen LogP contribution in [0, 0.1) is 6.92 Å². The topological polar surface area (TPSA) is 63.7 Å². The molecule has 1 aliphatic rings. The molecule has 108 valence electrons. The number of benzene rings is 1. The predicted molar refractivity (Wildman–Crippen MR) is 74.7 cm³/mol. The Hall–Kier alpha value is -1.82. The van der Waals surface area contributed by atoms with Gasteiger partial charge in [-0.2, -0.15) is 4.31 Å². The molecule has 0 spiro atoms. The molecule has 1 fully saturated rings. The van der Waals surface area contributed by atoms with Crippen LogP contribution in [0.15, 0.2) is 41.3 Å². The molecule has 0 bridgehead atoms. The number of hydrogen-bond acceptors (Lipinski definition) is 4. The summed E-state index contributed by atoms with van der Waals surface area (Å²) in [5.41, 5.74) is 0.950. The molecule has 5 nitrogen and oxygen atoms in total. The highest BCUT2D eigenvalue weighted by Gasteiger charge is 2.45. The van der Waals surface area contributed by atoms with Crippen LogP contribution in [0.25, 0.3) is 0 Å². The fourth-order valence-corrected chi connectivity index (χ4v) is 3.62. The van der Waals surface area contributed by atoms with Crippen molar-refractivity contribution in [3.05, 3.63) is 42.0 Å². The lowest BCUT2D eigenvalue weighted by Crippen LogP contribution is -2.39. The van der Waals surface area contributed by atoms with Gasteiger partial charge in [-0.3, -0.25) is 0 Å². The van der Waals surface area contributed by atoms with Crippen molar-refractivity contribution in [2.75, 3.05) is 0 Å². The maximum atomic E-state index is 12.6. The Morgan fingerprint density at radius 1 is 1.25 bits per heavy atom. The zero-order valence-electron chi connectivity index (χ0n) is 11.6. The number of hydrogen-bond donors (Lipinski definition) is 0. The molecular weight excluding hydrogens is 278 g/mol. The highest BCUT2D eigenvalue weighted by atomic mass is 32.2. The number of allylic oxidation sites excluding steroid dienone is 1. The summed E-state index contributed by atoms with van der Waals surface area (Å²) >= 11 is 0. The van der Waals surface area contributed by atoms with Gasteiger partial charge in [-0.25, -0.2) is 13.2 Å². The molecule has 1 amide bonds. The Labute approximate surface area is 118 Å². The molecular formula is C14H17NO4S. The number of carbonyl (C=O) groups excluding carboxylic acids is 1. The fourth-order valence-electron chi connectivity index (χ4n) is 2.11. The summed E-state index contributed by atoms with van der Waals surface area (Å²) < 4.78 is 31.0. The van der Waals surface area contributed by atoms with Gasteiger partial charge < -0.3 is 4.74 Å². The lowest BCUT2D eigenvalue weighted by molar-refractivity contribution is 0.142. The molecule has 1 heterocycles. The minimum atomic E-state index is -3.90. The summed E-state index contributed by atoms with van der Waals surface area (Å²) in [6.45, 7) is 5.31. The third-order valence-electron chi connectivity index (χ3n) is 3.19. The van der Waals surface area contributed by atoms with Crippen molar-refractivity contribution < 1.29 is 17.9 Å². The molecule has 0 saturated carbocycles. The first-order valence-corrected chi connectivity index (χ1v) is 7.76. The SMILES string of the molecule is C/C=C\[C@@H]1[C@H](C)OC(=O)N1S(=O)(=O)c1ccc(C)cc1. The van der Waals surface area contributed by atoms with E-state index >= 15 is 0 Å². The van der Waals surface area contributed by atoms with Crippen LogP contribution in [-0.2, 0) is 14.8 Å². The summed E-state index contributed by atoms with van der Waals surface area (Å²) in [4.78, 5) is 11.9. The average molecular weight is 295 g/mol. The van der Waals surface area contributed by atoms with E-state index in [9.17, 15) is 13.2 Å². The highest BCUT2D eigenvalue weighted by molar-refractivity contribution is 7.89. The number of carbonyl (C=O) groups is 1. The molecule has 2 atom stereocenters. The van der Waals surface area contributed by atoms with E-state index in [2.05, 4.69) is 0 Å². The first-order valence-electron chi connectivity index (χ1n) is 6.32. The zero-order chi connectivity index (χ0) is 14.9. The standard InChI is InChI=1S/C14H17NO4S/c1-4-5-13-11(3)19-14(16)15(13)20(17,18)12-8-6-10(2)7-9-12/h4-9,11,13H,1-3H3/b5-4-/t11-,13+/m0/s1. The highest BCUT2D eigenvalue weighted by Crippen LogP contribution is 2.28. The Balaban J connectivity index is 2.46. The van der Waals surface area contributed by atoms with Crippen molar-refractivity contribution in [3.8, 4) is 0 Å². The molecule has 0 unspecified atom stereocenters. The van der Waals surface area contributed by atoms with Gasteiger partial charge in [-0.1, -0.05) is 29.8 Å². The van der Waals surface area contributed by atoms with Crippen LogP contribution in [-0.4, -0.2) is 31.0 Å². The van der Waals surface area contributed by atoms with Crippen LogP contribution in [0.2, 0.25) is 0 Å². The van der Waals surface area contributed by atoms with E-state index in [-0.39, 0.29) is 4.90 Å². The molecule has 6 heteroatoms. The molecule has 0 aromatic heterocycles. The predicted octanol–water partition coefficient (Wildman–Crippen LogP) is 2.47. The molecule has 0 N–H and O–H groups in total. The van der Waals surface area contributed by atoms with Crippen molar-refractivity contribution in [1.82, 2.24) is 4.31 Å². The van der Waals surface area contributed by atoms with E-state index in [0.717, 1.165) is 9.87 Å². The maximum absolute atomic E-state index is 12.6. The lowest BCUT2D eigenvalue weighted by atomic mass is 10.2. The van der Waals surface area contributed by atoms with Crippen LogP contribution < -0.4 is 0 Å². The molecule has 20 heavy (non-hydrogen) atoms. The number of ether oxygens (including phenoxy) is 1. The Morgan fingerprint density at radius 2 is 1.85 bits per heavy atom. The summed E-state index contributed by atoms with van der Waals surface area (Å²) in [7, 11) is -3.90. The van der Waals surface area contributed by atoms with Crippen molar-refractivity contribution in [2.24, 2.45) is 0 Å². The zero-order valence-corrected chi connectivity index (χ0v) is 12.4. The van der Waals surface area contributed by atoms with Crippen molar-refractivity contribution in [1.29, 1.82) is 0 Å². The van der Waals surface area contributed by atoms with Gasteiger partial charge in [0.1, 0.15) is 12.1 Å². The molecule has 1 aromatic rings. The van der Waals surface area contributed by atoms with E-state index in [0.29, 0.717) is 0 Å². The Morgan fingerprint density at radius 3 is 2.40 bits per heavy atom. The van der Waals surface area contributed by atoms with Crippen molar-refractivity contribution in [2.45, 2.75) is 37.8 Å². The van der Waals surface area contributed by atoms with Crippen molar-refractivity contribution in [3.63, 3.8) is 0 Å². The van der Waals surface area contributed by atoms with Gasteiger partial charge in [-0.05, 0) is 32.9 Å². The Kier molecular flexibility index (Phi) is 3.85. The molecule has 1 aromatic carbocycles. The molecule has 0 radical (unpaired) electrons. The van der Waals surface area contributed by atoms with Gasteiger partial charge in [0.25, 0.3) is 10.0 Å². The summed E-state index contributed by atoms with van der Waals surface area (Å²) in [6.07, 6.45) is 2.03. The lowest BCUT2D eigenvalue weighted by Gasteiger charge is -2.20. The van der Waals surface area contributed by atoms with Crippen LogP contribution in [0.3, 0.4) is 0 Å². The number of aryl methyl sites for hydroxylation is 1. The second-order valence-corrected chi connectivity index (χ2v) is 6.53. The van der Waals surface area contributed by atoms with Gasteiger partial charge in [-0.15, -0.1) is 0 Å². The van der Waals surface area contributed by atoms with E-state index in [4.69, 9.17) is 4.74 Å². The van der Waals surface area contributed by atoms with Crippen molar-refractivity contribution >= 4 is 16.1 Å². The summed E-state index contributed by atoms with van der Waals surface area (Å²) in [5.74, 6) is 0. The van der Waals surface area contributed by atoms with Crippen LogP contribution in [0.1, 0.15) is 19.4 Å². The third kappa shape index (κ3) is 2.43. The normalized spacial score (nSPS) is 23.4. The third-order valence-corrected chi connectivity index (χ3v) is 4.96. The number of sulfonamides is 1. The van der Waals surface area contributed by atoms with E-state index in [1.54, 1.807) is 38.1 Å². The van der Waals surface area contributed by atoms with E-state index < -0.39 is 28.3 Å². The van der Waals surface area contributed by atoms with Crippen LogP contribution in [0.5, 0.6) is 0 Å². The first kappa shape index (κ1) is 14.6. The average Bonchev–Trinajstić information content (AvgIpc) is 2.66. The van der Waals surface area contributed by atoms with Crippen LogP contribution >= 0.6 is 0 Å². The Bertz CT molecular complexity index is 634. The number of rotatable bonds is 3. The number of nitrogens with zero attached hydrogens (tertiary/aromatic N) is 1. The van der Waals surface area contributed by atoms with E-state index in [1.807, 2.05) is 6.92 Å². The smallest absolute Gasteiger partial charge is 0.424 e. The minimum Gasteiger partial charge on any atom is -0.443 e. The molecule has 1 aliphatic heterocycles. The van der Waals surface area contributed by atoms with Gasteiger partial charge in [0.15, 0.2) is 0 Å². The summed E-state index contributed by atoms with van der Waals surface area (Å²) in [5, 5.41) is 0. The molecule has 1 saturated heterocycles. The second-order valence-electron chi connectivity index (χ2n) is 4.72. The fraction of sp³-hybridized carbons (Fsp3) is 0.357. The number of cyclic esters (lactones) is 1. The van der Waals surface area contributed by atoms with Gasteiger partial charge in [0.05, 0.1) is 4.90 Å². The van der Waals surface area contributed by atoms with Crippen LogP contribution in [0.4, 0.5) is 4.79 Å². The first-order chi connectivity index (χ1) is 9.37. The summed E-state index contributed by atoms with van der Waals surface area (Å²) in [6, 6.07) is 5.77. The van der Waals surface area contributed by atoms with Gasteiger partial charge in [0.2, 0.25) is 0 Å². The van der Waals surface area contributed by atoms with E-state index in [1.165, 1.54) is 12.1 Å². The van der Waals surface area contributed by atoms with Gasteiger partial charge >= 0.3 is 6.09 Å². The second kappa shape index (κ2) is 5.28.